The smallest absolute Gasteiger partial charge is 0.290 e. The van der Waals surface area contributed by atoms with Gasteiger partial charge in [-0.2, -0.15) is 5.26 Å². The van der Waals surface area contributed by atoms with Gasteiger partial charge in [0.2, 0.25) is 0 Å². The summed E-state index contributed by atoms with van der Waals surface area (Å²) in [6.07, 6.45) is 5.72. The highest BCUT2D eigenvalue weighted by Gasteiger charge is 2.21. The Morgan fingerprint density at radius 3 is 2.46 bits per heavy atom. The van der Waals surface area contributed by atoms with Gasteiger partial charge in [-0.05, 0) is 25.0 Å². The predicted octanol–water partition coefficient (Wildman–Crippen LogP) is 6.18. The number of carboxylic acid groups (broad SMARTS) is 1. The molecule has 6 N–H and O–H groups in total. The first-order valence-corrected chi connectivity index (χ1v) is 11.9. The second-order valence-electron chi connectivity index (χ2n) is 7.30. The maximum atomic E-state index is 8.36. The molecule has 1 unspecified atom stereocenters. The lowest BCUT2D eigenvalue weighted by molar-refractivity contribution is -0.122. The van der Waals surface area contributed by atoms with E-state index in [1.165, 1.54) is 26.2 Å². The lowest BCUT2D eigenvalue weighted by Crippen LogP contribution is -2.13. The third-order valence-corrected chi connectivity index (χ3v) is 5.12. The van der Waals surface area contributed by atoms with Gasteiger partial charge in [-0.3, -0.25) is 10.2 Å². The Kier molecular flexibility index (Phi) is 15.7. The van der Waals surface area contributed by atoms with Crippen LogP contribution in [0, 0.1) is 16.7 Å². The third kappa shape index (κ3) is 9.16. The number of nitrogens with one attached hydrogen (secondary N) is 3. The van der Waals surface area contributed by atoms with Crippen LogP contribution in [-0.4, -0.2) is 39.5 Å². The summed E-state index contributed by atoms with van der Waals surface area (Å²) in [4.78, 5) is 19.9. The first-order chi connectivity index (χ1) is 16.9. The van der Waals surface area contributed by atoms with Crippen LogP contribution in [0.25, 0.3) is 22.3 Å². The summed E-state index contributed by atoms with van der Waals surface area (Å²) in [6.45, 7) is 9.57. The second kappa shape index (κ2) is 17.6. The summed E-state index contributed by atoms with van der Waals surface area (Å²) in [7, 11) is 1.66. The average molecular weight is 485 g/mol. The second-order valence-corrected chi connectivity index (χ2v) is 7.30. The molecule has 0 fully saturated rings. The lowest BCUT2D eigenvalue weighted by Gasteiger charge is -2.11. The van der Waals surface area contributed by atoms with Crippen molar-refractivity contribution in [2.75, 3.05) is 7.11 Å². The van der Waals surface area contributed by atoms with E-state index in [2.05, 4.69) is 23.8 Å². The maximum Gasteiger partial charge on any atom is 0.290 e. The fraction of sp³-hybridized carbons (Fsp3) is 0.462. The van der Waals surface area contributed by atoms with Gasteiger partial charge >= 0.3 is 0 Å². The van der Waals surface area contributed by atoms with Gasteiger partial charge in [0.25, 0.3) is 6.47 Å². The standard InChI is InChI=1S/C21H29N5O.C2H3N.C2H6.CH2O2/c1-4-6-7-9-13(5-2)21-25-18(19(26-21)20(22)23)15-12-14-10-8-11-16(27-3)17(14)24-15;1-2-3;1-2;2-1-3/h8,10-13,24H,4-7,9H2,1-3H3,(H3,22,23)(H,25,26);1H3;1-2H3;1H,(H,2,3). The number of nitrogen functional groups attached to an aromatic ring is 1. The fourth-order valence-electron chi connectivity index (χ4n) is 3.58. The minimum Gasteiger partial charge on any atom is -0.495 e. The quantitative estimate of drug-likeness (QED) is 0.105. The highest BCUT2D eigenvalue weighted by Crippen LogP contribution is 2.32. The van der Waals surface area contributed by atoms with Gasteiger partial charge in [-0.25, -0.2) is 4.98 Å². The molecule has 3 rings (SSSR count). The number of methoxy groups -OCH3 is 1. The highest BCUT2D eigenvalue weighted by atomic mass is 16.5. The predicted molar refractivity (Wildman–Crippen MR) is 142 cm³/mol. The lowest BCUT2D eigenvalue weighted by atomic mass is 9.98. The van der Waals surface area contributed by atoms with Gasteiger partial charge in [0.05, 0.1) is 30.1 Å². The molecule has 9 nitrogen and oxygen atoms in total. The van der Waals surface area contributed by atoms with Gasteiger partial charge in [-0.1, -0.05) is 59.1 Å². The SMILES string of the molecule is CC.CC#N.CCCCCC(CC)c1nc(C(=N)N)c(-c2cc3cccc(OC)c3[nH]2)[nH]1.O=CO. The summed E-state index contributed by atoms with van der Waals surface area (Å²) in [6, 6.07) is 9.71. The number of benzene rings is 1. The molecule has 9 heteroatoms. The third-order valence-electron chi connectivity index (χ3n) is 5.12. The van der Waals surface area contributed by atoms with Crippen LogP contribution in [0.5, 0.6) is 5.75 Å². The van der Waals surface area contributed by atoms with Gasteiger partial charge in [0.15, 0.2) is 0 Å². The molecular formula is C26H40N6O3. The maximum absolute atomic E-state index is 8.36. The number of ether oxygens (including phenoxy) is 1. The van der Waals surface area contributed by atoms with Crippen LogP contribution >= 0.6 is 0 Å². The largest absolute Gasteiger partial charge is 0.495 e. The van der Waals surface area contributed by atoms with Crippen molar-refractivity contribution in [2.24, 2.45) is 5.73 Å². The minimum atomic E-state index is -0.250. The fourth-order valence-corrected chi connectivity index (χ4v) is 3.58. The van der Waals surface area contributed by atoms with Crippen molar-refractivity contribution in [3.63, 3.8) is 0 Å². The van der Waals surface area contributed by atoms with Gasteiger partial charge < -0.3 is 25.5 Å². The number of amidine groups is 1. The van der Waals surface area contributed by atoms with Crippen molar-refractivity contribution in [1.29, 1.82) is 10.7 Å². The number of aromatic nitrogens is 3. The Hall–Kier alpha value is -3.80. The average Bonchev–Trinajstić information content (AvgIpc) is 3.49. The topological polar surface area (TPSA) is 165 Å². The van der Waals surface area contributed by atoms with Crippen molar-refractivity contribution >= 4 is 23.2 Å². The Bertz CT molecular complexity index is 1060. The van der Waals surface area contributed by atoms with Crippen molar-refractivity contribution in [3.8, 4) is 23.2 Å². The number of nitrogens with two attached hydrogens (primary N) is 1. The summed E-state index contributed by atoms with van der Waals surface area (Å²) in [5.41, 5.74) is 8.90. The molecule has 3 aromatic rings. The number of nitrogens with zero attached hydrogens (tertiary/aromatic N) is 2. The normalized spacial score (nSPS) is 10.3. The summed E-state index contributed by atoms with van der Waals surface area (Å²) in [5.74, 6) is 2.03. The zero-order valence-electron chi connectivity index (χ0n) is 21.7. The monoisotopic (exact) mass is 484 g/mol. The molecule has 1 aromatic carbocycles. The van der Waals surface area contributed by atoms with E-state index in [-0.39, 0.29) is 12.3 Å². The molecular weight excluding hydrogens is 444 g/mol. The van der Waals surface area contributed by atoms with Crippen LogP contribution in [0.15, 0.2) is 24.3 Å². The van der Waals surface area contributed by atoms with Crippen LogP contribution < -0.4 is 10.5 Å². The Morgan fingerprint density at radius 1 is 1.31 bits per heavy atom. The molecule has 35 heavy (non-hydrogen) atoms. The Morgan fingerprint density at radius 2 is 1.94 bits per heavy atom. The van der Waals surface area contributed by atoms with Crippen LogP contribution in [-0.2, 0) is 4.79 Å². The molecule has 192 valence electrons. The van der Waals surface area contributed by atoms with E-state index in [0.717, 1.165) is 46.7 Å². The van der Waals surface area contributed by atoms with Gasteiger partial charge in [0, 0.05) is 18.2 Å². The molecule has 0 aliphatic heterocycles. The number of carbonyl (C=O) groups is 1. The van der Waals surface area contributed by atoms with Gasteiger partial charge in [0.1, 0.15) is 23.1 Å². The van der Waals surface area contributed by atoms with Crippen LogP contribution in [0.2, 0.25) is 0 Å². The zero-order valence-corrected chi connectivity index (χ0v) is 21.7. The van der Waals surface area contributed by atoms with E-state index in [4.69, 9.17) is 36.0 Å². The molecule has 0 aliphatic rings. The van der Waals surface area contributed by atoms with E-state index in [1.54, 1.807) is 13.2 Å². The number of imidazole rings is 1. The molecule has 0 radical (unpaired) electrons. The number of unbranched alkanes of at least 4 members (excludes halogenated alkanes) is 2. The number of hydrogen-bond acceptors (Lipinski definition) is 5. The number of nitriles is 1. The Labute approximate surface area is 208 Å². The number of rotatable bonds is 9. The van der Waals surface area contributed by atoms with E-state index >= 15 is 0 Å². The number of fused-ring (bicyclic) bond motifs is 1. The molecule has 2 heterocycles. The molecule has 0 bridgehead atoms. The van der Waals surface area contributed by atoms with Crippen molar-refractivity contribution in [3.05, 3.63) is 35.8 Å². The zero-order chi connectivity index (χ0) is 26.8. The van der Waals surface area contributed by atoms with Crippen molar-refractivity contribution < 1.29 is 14.6 Å². The molecule has 1 atom stereocenters. The minimum absolute atomic E-state index is 0.0264. The van der Waals surface area contributed by atoms with E-state index in [0.29, 0.717) is 11.6 Å². The first-order valence-electron chi connectivity index (χ1n) is 11.9. The van der Waals surface area contributed by atoms with Crippen molar-refractivity contribution in [1.82, 2.24) is 15.0 Å². The molecule has 0 saturated carbocycles. The van der Waals surface area contributed by atoms with Crippen LogP contribution in [0.4, 0.5) is 0 Å². The molecule has 0 amide bonds. The van der Waals surface area contributed by atoms with Crippen LogP contribution in [0.1, 0.15) is 84.2 Å². The summed E-state index contributed by atoms with van der Waals surface area (Å²) < 4.78 is 5.45. The van der Waals surface area contributed by atoms with E-state index in [1.807, 2.05) is 38.1 Å². The van der Waals surface area contributed by atoms with Crippen LogP contribution in [0.3, 0.4) is 0 Å². The number of H-pyrrole nitrogens is 2. The molecule has 0 spiro atoms. The molecule has 2 aromatic heterocycles. The first kappa shape index (κ1) is 31.2. The summed E-state index contributed by atoms with van der Waals surface area (Å²) >= 11 is 0. The van der Waals surface area contributed by atoms with E-state index in [9.17, 15) is 0 Å². The van der Waals surface area contributed by atoms with Gasteiger partial charge in [-0.15, -0.1) is 0 Å². The highest BCUT2D eigenvalue weighted by molar-refractivity contribution is 6.00. The van der Waals surface area contributed by atoms with E-state index < -0.39 is 0 Å². The number of aromatic amines is 2. The molecule has 0 saturated heterocycles. The van der Waals surface area contributed by atoms with Crippen molar-refractivity contribution in [2.45, 2.75) is 72.6 Å². The number of hydrogen-bond donors (Lipinski definition) is 5. The summed E-state index contributed by atoms with van der Waals surface area (Å²) in [5, 5.41) is 23.2. The Balaban J connectivity index is 0.00000129. The number of para-hydroxylation sites is 1. The molecule has 0 aliphatic carbocycles.